The Kier molecular flexibility index (Phi) is 5.25. The molecule has 1 aliphatic carbocycles. The minimum atomic E-state index is 0.550. The first-order valence-electron chi connectivity index (χ1n) is 7.47. The number of rotatable bonds is 6. The summed E-state index contributed by atoms with van der Waals surface area (Å²) in [4.78, 5) is 2.82. The van der Waals surface area contributed by atoms with Crippen LogP contribution in [0.25, 0.3) is 10.4 Å². The van der Waals surface area contributed by atoms with Crippen LogP contribution < -0.4 is 5.32 Å². The molecule has 1 saturated carbocycles. The van der Waals surface area contributed by atoms with Crippen LogP contribution in [0.5, 0.6) is 0 Å². The molecule has 1 fully saturated rings. The van der Waals surface area contributed by atoms with Crippen LogP contribution in [0.3, 0.4) is 0 Å². The Morgan fingerprint density at radius 3 is 2.81 bits per heavy atom. The number of thiophene rings is 1. The molecule has 1 aromatic heterocycles. The van der Waals surface area contributed by atoms with Gasteiger partial charge in [0, 0.05) is 30.0 Å². The van der Waals surface area contributed by atoms with E-state index >= 15 is 0 Å². The van der Waals surface area contributed by atoms with Crippen LogP contribution in [-0.4, -0.2) is 6.54 Å². The molecule has 21 heavy (non-hydrogen) atoms. The van der Waals surface area contributed by atoms with Crippen molar-refractivity contribution in [1.29, 1.82) is 0 Å². The Bertz CT molecular complexity index is 621. The first-order valence-corrected chi connectivity index (χ1v) is 9.75. The van der Waals surface area contributed by atoms with E-state index < -0.39 is 0 Å². The fourth-order valence-corrected chi connectivity index (χ4v) is 5.14. The molecule has 2 aromatic rings. The lowest BCUT2D eigenvalue weighted by Crippen LogP contribution is -2.22. The second-order valence-corrected chi connectivity index (χ2v) is 8.31. The van der Waals surface area contributed by atoms with Gasteiger partial charge in [-0.2, -0.15) is 0 Å². The highest BCUT2D eigenvalue weighted by Crippen LogP contribution is 2.44. The molecule has 1 heterocycles. The lowest BCUT2D eigenvalue weighted by molar-refractivity contribution is 0.488. The van der Waals surface area contributed by atoms with Crippen LogP contribution in [0.2, 0.25) is 5.02 Å². The average Bonchev–Trinajstić information content (AvgIpc) is 3.18. The largest absolute Gasteiger partial charge is 0.309 e. The lowest BCUT2D eigenvalue weighted by Gasteiger charge is -2.16. The van der Waals surface area contributed by atoms with E-state index in [9.17, 15) is 0 Å². The maximum atomic E-state index is 6.06. The number of hydrogen-bond acceptors (Lipinski definition) is 2. The molecule has 1 unspecified atom stereocenters. The van der Waals surface area contributed by atoms with E-state index in [0.717, 1.165) is 17.5 Å². The van der Waals surface area contributed by atoms with Crippen molar-refractivity contribution < 1.29 is 0 Å². The SMILES string of the molecule is CCCNC(c1ccc(-c2ccc(Cl)cc2I)s1)C1CC1. The Hall–Kier alpha value is -0.100. The van der Waals surface area contributed by atoms with E-state index in [4.69, 9.17) is 11.6 Å². The van der Waals surface area contributed by atoms with Gasteiger partial charge in [-0.3, -0.25) is 0 Å². The summed E-state index contributed by atoms with van der Waals surface area (Å²) in [5, 5.41) is 4.53. The van der Waals surface area contributed by atoms with Crippen molar-refractivity contribution >= 4 is 45.5 Å². The monoisotopic (exact) mass is 431 g/mol. The van der Waals surface area contributed by atoms with Crippen molar-refractivity contribution in [3.05, 3.63) is 43.8 Å². The van der Waals surface area contributed by atoms with E-state index in [0.29, 0.717) is 6.04 Å². The maximum absolute atomic E-state index is 6.06. The molecule has 1 aromatic carbocycles. The van der Waals surface area contributed by atoms with E-state index in [-0.39, 0.29) is 0 Å². The highest BCUT2D eigenvalue weighted by Gasteiger charge is 2.32. The van der Waals surface area contributed by atoms with Crippen LogP contribution >= 0.6 is 45.5 Å². The minimum absolute atomic E-state index is 0.550. The lowest BCUT2D eigenvalue weighted by atomic mass is 10.1. The normalized spacial score (nSPS) is 16.1. The summed E-state index contributed by atoms with van der Waals surface area (Å²) in [6.45, 7) is 3.33. The molecule has 1 atom stereocenters. The molecule has 0 radical (unpaired) electrons. The molecular formula is C17H19ClINS. The van der Waals surface area contributed by atoms with Gasteiger partial charge in [-0.25, -0.2) is 0 Å². The highest BCUT2D eigenvalue weighted by atomic mass is 127. The van der Waals surface area contributed by atoms with E-state index in [1.165, 1.54) is 38.2 Å². The number of halogens is 2. The van der Waals surface area contributed by atoms with Gasteiger partial charge >= 0.3 is 0 Å². The van der Waals surface area contributed by atoms with Crippen molar-refractivity contribution in [3.63, 3.8) is 0 Å². The summed E-state index contributed by atoms with van der Waals surface area (Å²) < 4.78 is 1.22. The van der Waals surface area contributed by atoms with Crippen LogP contribution in [0.1, 0.15) is 37.1 Å². The van der Waals surface area contributed by atoms with Gasteiger partial charge in [0.2, 0.25) is 0 Å². The van der Waals surface area contributed by atoms with Gasteiger partial charge in [-0.1, -0.05) is 24.6 Å². The molecule has 3 rings (SSSR count). The molecule has 1 nitrogen and oxygen atoms in total. The molecule has 112 valence electrons. The molecule has 0 spiro atoms. The number of benzene rings is 1. The van der Waals surface area contributed by atoms with Crippen LogP contribution in [0.4, 0.5) is 0 Å². The van der Waals surface area contributed by atoms with Gasteiger partial charge in [0.05, 0.1) is 0 Å². The zero-order valence-electron chi connectivity index (χ0n) is 12.0. The second-order valence-electron chi connectivity index (χ2n) is 5.60. The molecule has 0 bridgehead atoms. The topological polar surface area (TPSA) is 12.0 Å². The Morgan fingerprint density at radius 1 is 1.33 bits per heavy atom. The molecule has 0 aliphatic heterocycles. The van der Waals surface area contributed by atoms with Crippen molar-refractivity contribution in [1.82, 2.24) is 5.32 Å². The fraction of sp³-hybridized carbons (Fsp3) is 0.412. The zero-order valence-corrected chi connectivity index (χ0v) is 15.8. The second kappa shape index (κ2) is 6.99. The predicted octanol–water partition coefficient (Wildman–Crippen LogP) is 6.12. The standard InChI is InChI=1S/C17H19ClINS/c1-2-9-20-17(11-3-4-11)16-8-7-15(21-16)13-6-5-12(18)10-14(13)19/h5-8,10-11,17,20H,2-4,9H2,1H3. The van der Waals surface area contributed by atoms with Gasteiger partial charge in [0.1, 0.15) is 0 Å². The van der Waals surface area contributed by atoms with Crippen LogP contribution in [0.15, 0.2) is 30.3 Å². The smallest absolute Gasteiger partial charge is 0.0443 e. The Morgan fingerprint density at radius 2 is 2.14 bits per heavy atom. The molecule has 4 heteroatoms. The summed E-state index contributed by atoms with van der Waals surface area (Å²) in [6.07, 6.45) is 3.93. The number of nitrogens with one attached hydrogen (secondary N) is 1. The number of hydrogen-bond donors (Lipinski definition) is 1. The first-order chi connectivity index (χ1) is 10.2. The van der Waals surface area contributed by atoms with Crippen molar-refractivity contribution in [2.24, 2.45) is 5.92 Å². The minimum Gasteiger partial charge on any atom is -0.309 e. The van der Waals surface area contributed by atoms with E-state index in [2.05, 4.69) is 53.0 Å². The van der Waals surface area contributed by atoms with Gasteiger partial charge in [0.15, 0.2) is 0 Å². The summed E-state index contributed by atoms with van der Waals surface area (Å²) >= 11 is 10.3. The van der Waals surface area contributed by atoms with Gasteiger partial charge in [0.25, 0.3) is 0 Å². The quantitative estimate of drug-likeness (QED) is 0.543. The predicted molar refractivity (Wildman–Crippen MR) is 101 cm³/mol. The summed E-state index contributed by atoms with van der Waals surface area (Å²) in [6, 6.07) is 11.3. The van der Waals surface area contributed by atoms with E-state index in [1.54, 1.807) is 0 Å². The van der Waals surface area contributed by atoms with Gasteiger partial charge in [-0.05, 0) is 78.6 Å². The zero-order chi connectivity index (χ0) is 14.8. The van der Waals surface area contributed by atoms with Crippen molar-refractivity contribution in [3.8, 4) is 10.4 Å². The maximum Gasteiger partial charge on any atom is 0.0443 e. The molecule has 1 aliphatic rings. The third-order valence-electron chi connectivity index (χ3n) is 3.84. The van der Waals surface area contributed by atoms with Crippen molar-refractivity contribution in [2.45, 2.75) is 32.2 Å². The Labute approximate surface area is 149 Å². The fourth-order valence-electron chi connectivity index (χ4n) is 2.58. The summed E-state index contributed by atoms with van der Waals surface area (Å²) in [5.74, 6) is 0.840. The highest BCUT2D eigenvalue weighted by molar-refractivity contribution is 14.1. The van der Waals surface area contributed by atoms with Crippen molar-refractivity contribution in [2.75, 3.05) is 6.54 Å². The third kappa shape index (κ3) is 3.81. The molecular weight excluding hydrogens is 413 g/mol. The average molecular weight is 432 g/mol. The summed E-state index contributed by atoms with van der Waals surface area (Å²) in [5.41, 5.74) is 1.29. The van der Waals surface area contributed by atoms with Gasteiger partial charge in [-0.15, -0.1) is 11.3 Å². The first kappa shape index (κ1) is 15.8. The Balaban J connectivity index is 1.84. The molecule has 1 N–H and O–H groups in total. The third-order valence-corrected chi connectivity index (χ3v) is 6.17. The van der Waals surface area contributed by atoms with Crippen LogP contribution in [-0.2, 0) is 0 Å². The van der Waals surface area contributed by atoms with E-state index in [1.807, 2.05) is 23.5 Å². The molecule has 0 saturated heterocycles. The summed E-state index contributed by atoms with van der Waals surface area (Å²) in [7, 11) is 0. The van der Waals surface area contributed by atoms with Gasteiger partial charge < -0.3 is 5.32 Å². The molecule has 0 amide bonds. The van der Waals surface area contributed by atoms with Crippen LogP contribution in [0, 0.1) is 9.49 Å².